The molecule has 4 N–H and O–H groups in total. The van der Waals surface area contributed by atoms with Gasteiger partial charge in [0.25, 0.3) is 5.91 Å². The number of carbonyl (C=O) groups is 2. The third-order valence-corrected chi connectivity index (χ3v) is 3.21. The lowest BCUT2D eigenvalue weighted by molar-refractivity contribution is 0.0975. The molecule has 2 rings (SSSR count). The van der Waals surface area contributed by atoms with E-state index in [-0.39, 0.29) is 23.4 Å². The summed E-state index contributed by atoms with van der Waals surface area (Å²) in [6.45, 7) is 0. The lowest BCUT2D eigenvalue weighted by Crippen LogP contribution is -2.34. The molecule has 0 spiro atoms. The molecule has 0 aromatic heterocycles. The van der Waals surface area contributed by atoms with Crippen LogP contribution in [0.3, 0.4) is 0 Å². The van der Waals surface area contributed by atoms with Gasteiger partial charge in [-0.25, -0.2) is 0 Å². The highest BCUT2D eigenvalue weighted by atomic mass is 35.5. The van der Waals surface area contributed by atoms with Crippen molar-refractivity contribution in [1.29, 1.82) is 0 Å². The zero-order valence-electron chi connectivity index (χ0n) is 12.7. The number of nitrogens with one attached hydrogen (secondary N) is 2. The standard InChI is InChI=1S/C16H15N3O3S.ClH/c1-22-13-8-4-11(5-9-13)15(21)19-16(23)18-12-6-2-10(3-7-12)14(17)20;/h2-9H,1H3,(H2,17,20)(H2,18,19,21,23);1H. The molecule has 6 nitrogen and oxygen atoms in total. The SMILES string of the molecule is COc1ccc(C(=O)NC(=S)Nc2ccc(C(N)=O)cc2)cc1.Cl. The van der Waals surface area contributed by atoms with E-state index in [4.69, 9.17) is 22.7 Å². The Morgan fingerprint density at radius 3 is 2.04 bits per heavy atom. The molecule has 8 heteroatoms. The first-order chi connectivity index (χ1) is 11.0. The molecule has 0 aliphatic carbocycles. The Kier molecular flexibility index (Phi) is 7.16. The fraction of sp³-hybridized carbons (Fsp3) is 0.0625. The van der Waals surface area contributed by atoms with Crippen LogP contribution in [0.15, 0.2) is 48.5 Å². The zero-order valence-corrected chi connectivity index (χ0v) is 14.4. The predicted octanol–water partition coefficient (Wildman–Crippen LogP) is 2.34. The number of hydrogen-bond donors (Lipinski definition) is 3. The Morgan fingerprint density at radius 2 is 1.54 bits per heavy atom. The smallest absolute Gasteiger partial charge is 0.257 e. The second-order valence-corrected chi connectivity index (χ2v) is 4.99. The van der Waals surface area contributed by atoms with E-state index in [0.29, 0.717) is 22.6 Å². The molecule has 126 valence electrons. The Hall–Kier alpha value is -2.64. The van der Waals surface area contributed by atoms with E-state index in [1.807, 2.05) is 0 Å². The van der Waals surface area contributed by atoms with Crippen molar-refractivity contribution in [1.82, 2.24) is 5.32 Å². The van der Waals surface area contributed by atoms with Crippen LogP contribution in [0.4, 0.5) is 5.69 Å². The van der Waals surface area contributed by atoms with Gasteiger partial charge in [-0.3, -0.25) is 14.9 Å². The van der Waals surface area contributed by atoms with Gasteiger partial charge < -0.3 is 15.8 Å². The van der Waals surface area contributed by atoms with Crippen molar-refractivity contribution in [3.05, 3.63) is 59.7 Å². The number of hydrogen-bond acceptors (Lipinski definition) is 4. The highest BCUT2D eigenvalue weighted by Gasteiger charge is 2.08. The van der Waals surface area contributed by atoms with Crippen molar-refractivity contribution in [2.45, 2.75) is 0 Å². The first kappa shape index (κ1) is 19.4. The van der Waals surface area contributed by atoms with Gasteiger partial charge in [-0.05, 0) is 60.7 Å². The van der Waals surface area contributed by atoms with Crippen LogP contribution < -0.4 is 21.1 Å². The normalized spacial score (nSPS) is 9.38. The molecule has 2 aromatic rings. The number of carbonyl (C=O) groups excluding carboxylic acids is 2. The van der Waals surface area contributed by atoms with Crippen LogP contribution in [0.25, 0.3) is 0 Å². The number of anilines is 1. The van der Waals surface area contributed by atoms with Gasteiger partial charge >= 0.3 is 0 Å². The average Bonchev–Trinajstić information content (AvgIpc) is 2.55. The molecule has 0 atom stereocenters. The van der Waals surface area contributed by atoms with Crippen molar-refractivity contribution in [2.24, 2.45) is 5.73 Å². The fourth-order valence-electron chi connectivity index (χ4n) is 1.80. The minimum atomic E-state index is -0.507. The van der Waals surface area contributed by atoms with E-state index in [1.54, 1.807) is 55.6 Å². The van der Waals surface area contributed by atoms with E-state index < -0.39 is 5.91 Å². The van der Waals surface area contributed by atoms with Gasteiger partial charge in [0.05, 0.1) is 7.11 Å². The number of ether oxygens (including phenoxy) is 1. The molecule has 0 fully saturated rings. The van der Waals surface area contributed by atoms with Crippen molar-refractivity contribution < 1.29 is 14.3 Å². The monoisotopic (exact) mass is 365 g/mol. The van der Waals surface area contributed by atoms with Crippen molar-refractivity contribution in [3.8, 4) is 5.75 Å². The largest absolute Gasteiger partial charge is 0.497 e. The third kappa shape index (κ3) is 5.22. The van der Waals surface area contributed by atoms with E-state index in [0.717, 1.165) is 0 Å². The van der Waals surface area contributed by atoms with Crippen LogP contribution >= 0.6 is 24.6 Å². The molecule has 0 aliphatic rings. The summed E-state index contributed by atoms with van der Waals surface area (Å²) in [4.78, 5) is 23.0. The van der Waals surface area contributed by atoms with Crippen LogP contribution in [0.1, 0.15) is 20.7 Å². The molecule has 0 bridgehead atoms. The molecule has 0 radical (unpaired) electrons. The quantitative estimate of drug-likeness (QED) is 0.723. The minimum Gasteiger partial charge on any atom is -0.497 e. The lowest BCUT2D eigenvalue weighted by Gasteiger charge is -2.10. The van der Waals surface area contributed by atoms with Gasteiger partial charge in [-0.2, -0.15) is 0 Å². The predicted molar refractivity (Wildman–Crippen MR) is 98.9 cm³/mol. The number of nitrogens with two attached hydrogens (primary N) is 1. The van der Waals surface area contributed by atoms with Gasteiger partial charge in [-0.1, -0.05) is 0 Å². The fourth-order valence-corrected chi connectivity index (χ4v) is 2.01. The molecule has 0 heterocycles. The van der Waals surface area contributed by atoms with E-state index in [9.17, 15) is 9.59 Å². The second kappa shape index (κ2) is 8.85. The minimum absolute atomic E-state index is 0. The molecule has 0 saturated heterocycles. The van der Waals surface area contributed by atoms with E-state index >= 15 is 0 Å². The van der Waals surface area contributed by atoms with Crippen LogP contribution in [-0.2, 0) is 0 Å². The number of primary amides is 1. The number of amides is 2. The highest BCUT2D eigenvalue weighted by Crippen LogP contribution is 2.12. The first-order valence-corrected chi connectivity index (χ1v) is 7.06. The third-order valence-electron chi connectivity index (χ3n) is 3.01. The summed E-state index contributed by atoms with van der Waals surface area (Å²) < 4.78 is 5.03. The average molecular weight is 366 g/mol. The maximum atomic E-state index is 12.0. The number of methoxy groups -OCH3 is 1. The maximum Gasteiger partial charge on any atom is 0.257 e. The topological polar surface area (TPSA) is 93.4 Å². The van der Waals surface area contributed by atoms with Crippen LogP contribution in [0, 0.1) is 0 Å². The second-order valence-electron chi connectivity index (χ2n) is 4.58. The van der Waals surface area contributed by atoms with Gasteiger partial charge in [0.2, 0.25) is 5.91 Å². The Bertz CT molecular complexity index is 733. The van der Waals surface area contributed by atoms with Crippen LogP contribution in [0.2, 0.25) is 0 Å². The number of rotatable bonds is 4. The van der Waals surface area contributed by atoms with E-state index in [2.05, 4.69) is 10.6 Å². The Balaban J connectivity index is 0.00000288. The highest BCUT2D eigenvalue weighted by molar-refractivity contribution is 7.80. The van der Waals surface area contributed by atoms with Crippen LogP contribution in [-0.4, -0.2) is 24.0 Å². The maximum absolute atomic E-state index is 12.0. The molecular formula is C16H16ClN3O3S. The molecule has 0 unspecified atom stereocenters. The van der Waals surface area contributed by atoms with Crippen molar-refractivity contribution >= 4 is 47.2 Å². The molecular weight excluding hydrogens is 350 g/mol. The summed E-state index contributed by atoms with van der Waals surface area (Å²) >= 11 is 5.09. The number of thiocarbonyl (C=S) groups is 1. The molecule has 2 aromatic carbocycles. The van der Waals surface area contributed by atoms with Gasteiger partial charge in [0.1, 0.15) is 5.75 Å². The molecule has 0 aliphatic heterocycles. The van der Waals surface area contributed by atoms with Crippen molar-refractivity contribution in [2.75, 3.05) is 12.4 Å². The summed E-state index contributed by atoms with van der Waals surface area (Å²) in [5.41, 5.74) is 6.65. The van der Waals surface area contributed by atoms with Crippen molar-refractivity contribution in [3.63, 3.8) is 0 Å². The summed E-state index contributed by atoms with van der Waals surface area (Å²) in [7, 11) is 1.55. The lowest BCUT2D eigenvalue weighted by atomic mass is 10.2. The molecule has 2 amide bonds. The Morgan fingerprint density at radius 1 is 1.00 bits per heavy atom. The summed E-state index contributed by atoms with van der Waals surface area (Å²) in [6, 6.07) is 13.1. The van der Waals surface area contributed by atoms with E-state index in [1.165, 1.54) is 0 Å². The first-order valence-electron chi connectivity index (χ1n) is 6.66. The zero-order chi connectivity index (χ0) is 16.8. The number of benzene rings is 2. The van der Waals surface area contributed by atoms with Gasteiger partial charge in [0, 0.05) is 16.8 Å². The number of halogens is 1. The summed E-state index contributed by atoms with van der Waals surface area (Å²) in [6.07, 6.45) is 0. The summed E-state index contributed by atoms with van der Waals surface area (Å²) in [5, 5.41) is 5.57. The molecule has 24 heavy (non-hydrogen) atoms. The molecule has 0 saturated carbocycles. The van der Waals surface area contributed by atoms with Gasteiger partial charge in [0.15, 0.2) is 5.11 Å². The van der Waals surface area contributed by atoms with Gasteiger partial charge in [-0.15, -0.1) is 12.4 Å². The van der Waals surface area contributed by atoms with Crippen LogP contribution in [0.5, 0.6) is 5.75 Å². The summed E-state index contributed by atoms with van der Waals surface area (Å²) in [5.74, 6) is -0.178. The Labute approximate surface area is 150 Å².